The Bertz CT molecular complexity index is 1980. The van der Waals surface area contributed by atoms with E-state index in [1.165, 1.54) is 23.5 Å². The normalized spacial score (nSPS) is 27.0. The highest BCUT2D eigenvalue weighted by molar-refractivity contribution is 6.74. The molecule has 1 amide bonds. The maximum atomic E-state index is 14.0. The summed E-state index contributed by atoms with van der Waals surface area (Å²) in [5.74, 6) is -0.346. The number of ether oxygens (including phenoxy) is 2. The first-order valence-electron chi connectivity index (χ1n) is 18.2. The molecule has 0 unspecified atom stereocenters. The van der Waals surface area contributed by atoms with Gasteiger partial charge in [0.25, 0.3) is 0 Å². The molecule has 0 bridgehead atoms. The third-order valence-corrected chi connectivity index (χ3v) is 20.7. The van der Waals surface area contributed by atoms with Gasteiger partial charge in [-0.3, -0.25) is 13.9 Å². The summed E-state index contributed by atoms with van der Waals surface area (Å²) in [6, 6.07) is 0. The van der Waals surface area contributed by atoms with E-state index in [-0.39, 0.29) is 47.2 Å². The molecule has 0 aromatic carbocycles. The van der Waals surface area contributed by atoms with Crippen molar-refractivity contribution >= 4 is 56.5 Å². The number of aliphatic hydroxyl groups excluding tert-OH is 2. The van der Waals surface area contributed by atoms with Crippen LogP contribution < -0.4 is 16.8 Å². The Hall–Kier alpha value is -3.64. The molecule has 0 radical (unpaired) electrons. The summed E-state index contributed by atoms with van der Waals surface area (Å²) in [5.41, 5.74) is 13.7. The van der Waals surface area contributed by atoms with Crippen molar-refractivity contribution in [3.8, 4) is 0 Å². The van der Waals surface area contributed by atoms with Crippen molar-refractivity contribution in [3.05, 3.63) is 25.3 Å². The SMILES string of the molecule is CC(C)(C)[Si](C)(C)OC[C@H]1O[C@@H](n2cnc3c(N)ncnc32)[C@H](O[Si](C)(C)C(C)(C)C)[C@@H]1CC(=O)NC[C@H]1O[C@@H](n2cnc3c(N)ncnc32)[C@H](O)[C@@H]1O. The number of carbonyl (C=O) groups excluding carboxylic acids is 1. The van der Waals surface area contributed by atoms with Crippen LogP contribution in [0.3, 0.4) is 0 Å². The Morgan fingerprint density at radius 3 is 1.85 bits per heavy atom. The first-order valence-corrected chi connectivity index (χ1v) is 24.0. The summed E-state index contributed by atoms with van der Waals surface area (Å²) < 4.78 is 30.1. The van der Waals surface area contributed by atoms with E-state index in [1.807, 2.05) is 4.57 Å². The fourth-order valence-electron chi connectivity index (χ4n) is 6.33. The molecular formula is C34H55N11O7Si2. The van der Waals surface area contributed by atoms with Gasteiger partial charge in [-0.05, 0) is 36.3 Å². The van der Waals surface area contributed by atoms with Crippen LogP contribution in [0.4, 0.5) is 11.6 Å². The van der Waals surface area contributed by atoms with Crippen LogP contribution in [-0.2, 0) is 23.1 Å². The molecule has 296 valence electrons. The van der Waals surface area contributed by atoms with E-state index in [0.717, 1.165) is 0 Å². The number of aromatic nitrogens is 8. The van der Waals surface area contributed by atoms with E-state index < -0.39 is 65.5 Å². The van der Waals surface area contributed by atoms with Gasteiger partial charge in [0.2, 0.25) is 5.91 Å². The lowest BCUT2D eigenvalue weighted by Crippen LogP contribution is -2.49. The van der Waals surface area contributed by atoms with Crippen LogP contribution in [0.5, 0.6) is 0 Å². The predicted molar refractivity (Wildman–Crippen MR) is 206 cm³/mol. The zero-order chi connectivity index (χ0) is 39.5. The molecular weight excluding hydrogens is 731 g/mol. The highest BCUT2D eigenvalue weighted by Gasteiger charge is 2.53. The van der Waals surface area contributed by atoms with E-state index in [2.05, 4.69) is 103 Å². The van der Waals surface area contributed by atoms with Gasteiger partial charge in [-0.15, -0.1) is 0 Å². The van der Waals surface area contributed by atoms with E-state index >= 15 is 0 Å². The highest BCUT2D eigenvalue weighted by Crippen LogP contribution is 2.46. The average molecular weight is 786 g/mol. The summed E-state index contributed by atoms with van der Waals surface area (Å²) in [6.45, 7) is 21.9. The largest absolute Gasteiger partial charge is 0.414 e. The molecule has 0 spiro atoms. The molecule has 6 rings (SSSR count). The van der Waals surface area contributed by atoms with Crippen molar-refractivity contribution in [2.45, 2.75) is 127 Å². The van der Waals surface area contributed by atoms with Gasteiger partial charge >= 0.3 is 0 Å². The molecule has 8 atom stereocenters. The monoisotopic (exact) mass is 785 g/mol. The minimum absolute atomic E-state index is 0.0161. The first-order chi connectivity index (χ1) is 25.1. The Balaban J connectivity index is 1.27. The lowest BCUT2D eigenvalue weighted by atomic mass is 9.94. The molecule has 2 fully saturated rings. The minimum Gasteiger partial charge on any atom is -0.414 e. The molecule has 0 saturated carbocycles. The van der Waals surface area contributed by atoms with Crippen LogP contribution >= 0.6 is 0 Å². The van der Waals surface area contributed by atoms with Crippen molar-refractivity contribution in [2.75, 3.05) is 24.6 Å². The molecule has 6 heterocycles. The predicted octanol–water partition coefficient (Wildman–Crippen LogP) is 2.88. The second-order valence-corrected chi connectivity index (χ2v) is 26.9. The Morgan fingerprint density at radius 1 is 0.796 bits per heavy atom. The molecule has 18 nitrogen and oxygen atoms in total. The maximum Gasteiger partial charge on any atom is 0.220 e. The van der Waals surface area contributed by atoms with Crippen molar-refractivity contribution in [3.63, 3.8) is 0 Å². The van der Waals surface area contributed by atoms with Crippen LogP contribution in [0.2, 0.25) is 36.3 Å². The van der Waals surface area contributed by atoms with E-state index in [0.29, 0.717) is 22.3 Å². The molecule has 54 heavy (non-hydrogen) atoms. The Kier molecular flexibility index (Phi) is 10.7. The molecule has 2 saturated heterocycles. The lowest BCUT2D eigenvalue weighted by molar-refractivity contribution is -0.124. The molecule has 0 aliphatic carbocycles. The number of anilines is 2. The smallest absolute Gasteiger partial charge is 0.220 e. The quantitative estimate of drug-likeness (QED) is 0.137. The van der Waals surface area contributed by atoms with Crippen LogP contribution in [-0.4, -0.2) is 115 Å². The van der Waals surface area contributed by atoms with Gasteiger partial charge in [0.15, 0.2) is 52.0 Å². The van der Waals surface area contributed by atoms with E-state index in [4.69, 9.17) is 29.8 Å². The van der Waals surface area contributed by atoms with Crippen LogP contribution in [0.1, 0.15) is 60.4 Å². The molecule has 4 aromatic rings. The lowest BCUT2D eigenvalue weighted by Gasteiger charge is -2.41. The summed E-state index contributed by atoms with van der Waals surface area (Å²) in [7, 11) is -4.70. The number of rotatable bonds is 11. The zero-order valence-electron chi connectivity index (χ0n) is 32.7. The number of nitrogen functional groups attached to an aromatic ring is 2. The average Bonchev–Trinajstić information content (AvgIpc) is 3.84. The van der Waals surface area contributed by atoms with Crippen molar-refractivity contribution in [1.29, 1.82) is 0 Å². The van der Waals surface area contributed by atoms with Crippen molar-refractivity contribution in [2.24, 2.45) is 5.92 Å². The molecule has 20 heteroatoms. The van der Waals surface area contributed by atoms with E-state index in [1.54, 1.807) is 6.33 Å². The second-order valence-electron chi connectivity index (χ2n) is 17.4. The number of hydrogen-bond donors (Lipinski definition) is 5. The summed E-state index contributed by atoms with van der Waals surface area (Å²) in [4.78, 5) is 39.5. The second kappa shape index (κ2) is 14.5. The van der Waals surface area contributed by atoms with Gasteiger partial charge in [-0.2, -0.15) is 0 Å². The molecule has 7 N–H and O–H groups in total. The minimum atomic E-state index is -2.47. The third kappa shape index (κ3) is 7.49. The van der Waals surface area contributed by atoms with Gasteiger partial charge in [-0.1, -0.05) is 41.5 Å². The van der Waals surface area contributed by atoms with Crippen molar-refractivity contribution < 1.29 is 33.3 Å². The number of nitrogens with zero attached hydrogens (tertiary/aromatic N) is 8. The van der Waals surface area contributed by atoms with Crippen LogP contribution in [0.25, 0.3) is 22.3 Å². The number of hydrogen-bond acceptors (Lipinski definition) is 15. The maximum absolute atomic E-state index is 14.0. The fourth-order valence-corrected chi connectivity index (χ4v) is 8.66. The Labute approximate surface area is 316 Å². The van der Waals surface area contributed by atoms with Gasteiger partial charge in [0, 0.05) is 18.9 Å². The van der Waals surface area contributed by atoms with E-state index in [9.17, 15) is 15.0 Å². The number of fused-ring (bicyclic) bond motifs is 2. The Morgan fingerprint density at radius 2 is 1.31 bits per heavy atom. The van der Waals surface area contributed by atoms with Crippen LogP contribution in [0, 0.1) is 5.92 Å². The third-order valence-electron chi connectivity index (χ3n) is 11.7. The number of aliphatic hydroxyl groups is 2. The van der Waals surface area contributed by atoms with Crippen molar-refractivity contribution in [1.82, 2.24) is 44.4 Å². The molecule has 2 aliphatic heterocycles. The standard InChI is InChI=1S/C34H55N11O7Si2/c1-33(2,3)53(7,8)49-13-20-18(26(52-54(9,10)34(4,5)6)32(51-20)45-17-43-23-28(36)39-15-41-30(23)45)11-21(46)37-12-19-24(47)25(48)31(50-19)44-16-42-22-27(35)38-14-40-29(22)44/h14-20,24-26,31-32,47-48H,11-13H2,1-10H3,(H,37,46)(H2,35,38,40)(H2,36,39,41)/t18-,19-,20-,24-,25-,26-,31-,32-/m1/s1. The molecule has 2 aliphatic rings. The van der Waals surface area contributed by atoms with Gasteiger partial charge in [0.05, 0.1) is 31.5 Å². The van der Waals surface area contributed by atoms with Gasteiger partial charge in [0.1, 0.15) is 42.0 Å². The number of amides is 1. The number of imidazole rings is 2. The number of nitrogens with two attached hydrogens (primary N) is 2. The fraction of sp³-hybridized carbons (Fsp3) is 0.676. The van der Waals surface area contributed by atoms with Crippen LogP contribution in [0.15, 0.2) is 25.3 Å². The molecule has 4 aromatic heterocycles. The summed E-state index contributed by atoms with van der Waals surface area (Å²) >= 11 is 0. The summed E-state index contributed by atoms with van der Waals surface area (Å²) in [5, 5.41) is 24.7. The van der Waals surface area contributed by atoms with Gasteiger partial charge in [-0.25, -0.2) is 29.9 Å². The summed E-state index contributed by atoms with van der Waals surface area (Å²) in [6.07, 6.45) is -0.693. The number of carbonyl (C=O) groups is 1. The zero-order valence-corrected chi connectivity index (χ0v) is 34.7. The highest BCUT2D eigenvalue weighted by atomic mass is 28.4. The topological polar surface area (TPSA) is 246 Å². The first kappa shape index (κ1) is 40.0. The van der Waals surface area contributed by atoms with Gasteiger partial charge < -0.3 is 45.3 Å². The number of nitrogens with one attached hydrogen (secondary N) is 1.